The zero-order chi connectivity index (χ0) is 10.8. The predicted octanol–water partition coefficient (Wildman–Crippen LogP) is 1.94. The number of hydrogen-bond acceptors (Lipinski definition) is 3. The molecule has 0 amide bonds. The van der Waals surface area contributed by atoms with Gasteiger partial charge in [0.25, 0.3) is 0 Å². The van der Waals surface area contributed by atoms with Gasteiger partial charge in [-0.25, -0.2) is 0 Å². The summed E-state index contributed by atoms with van der Waals surface area (Å²) >= 11 is 6.08. The quantitative estimate of drug-likeness (QED) is 0.845. The van der Waals surface area contributed by atoms with Gasteiger partial charge in [-0.2, -0.15) is 0 Å². The summed E-state index contributed by atoms with van der Waals surface area (Å²) in [6.07, 6.45) is 1.61. The third-order valence-corrected chi connectivity index (χ3v) is 2.41. The molecule has 78 valence electrons. The Morgan fingerprint density at radius 2 is 2.13 bits per heavy atom. The molecule has 0 saturated carbocycles. The Bertz CT molecular complexity index is 464. The molecule has 0 aliphatic carbocycles. The zero-order valence-corrected chi connectivity index (χ0v) is 9.02. The van der Waals surface area contributed by atoms with E-state index in [0.717, 1.165) is 5.69 Å². The fourth-order valence-corrected chi connectivity index (χ4v) is 1.61. The van der Waals surface area contributed by atoms with Crippen LogP contribution in [0.25, 0.3) is 5.69 Å². The first-order valence-electron chi connectivity index (χ1n) is 4.60. The van der Waals surface area contributed by atoms with Crippen LogP contribution in [0.15, 0.2) is 30.6 Å². The lowest BCUT2D eigenvalue weighted by Gasteiger charge is -2.09. The summed E-state index contributed by atoms with van der Waals surface area (Å²) in [7, 11) is 0. The van der Waals surface area contributed by atoms with Gasteiger partial charge >= 0.3 is 0 Å². The number of hydrogen-bond donors (Lipinski definition) is 1. The monoisotopic (exact) mass is 222 g/mol. The van der Waals surface area contributed by atoms with E-state index in [9.17, 15) is 0 Å². The molecule has 1 aromatic carbocycles. The molecule has 1 aromatic heterocycles. The number of rotatable bonds is 2. The Labute approximate surface area is 92.7 Å². The second-order valence-corrected chi connectivity index (χ2v) is 3.71. The smallest absolute Gasteiger partial charge is 0.154 e. The molecular formula is C10H11ClN4. The van der Waals surface area contributed by atoms with E-state index in [0.29, 0.717) is 10.8 Å². The summed E-state index contributed by atoms with van der Waals surface area (Å²) in [6, 6.07) is 7.33. The molecule has 0 radical (unpaired) electrons. The highest BCUT2D eigenvalue weighted by molar-refractivity contribution is 6.32. The molecule has 1 atom stereocenters. The number of nitrogens with zero attached hydrogens (tertiary/aromatic N) is 3. The maximum absolute atomic E-state index is 6.08. The van der Waals surface area contributed by atoms with Gasteiger partial charge in [-0.1, -0.05) is 23.7 Å². The second-order valence-electron chi connectivity index (χ2n) is 3.30. The highest BCUT2D eigenvalue weighted by atomic mass is 35.5. The minimum absolute atomic E-state index is 0.177. The first-order valence-corrected chi connectivity index (χ1v) is 4.98. The standard InChI is InChI=1S/C10H11ClN4/c1-7(12)10-14-13-6-15(10)9-5-3-2-4-8(9)11/h2-7H,12H2,1H3. The number of aromatic nitrogens is 3. The van der Waals surface area contributed by atoms with Crippen molar-refractivity contribution in [1.29, 1.82) is 0 Å². The summed E-state index contributed by atoms with van der Waals surface area (Å²) in [5.74, 6) is 0.697. The molecule has 2 aromatic rings. The molecule has 0 aliphatic rings. The van der Waals surface area contributed by atoms with Gasteiger partial charge in [-0.15, -0.1) is 10.2 Å². The van der Waals surface area contributed by atoms with E-state index in [1.54, 1.807) is 10.9 Å². The highest BCUT2D eigenvalue weighted by Gasteiger charge is 2.11. The minimum Gasteiger partial charge on any atom is -0.322 e. The third-order valence-electron chi connectivity index (χ3n) is 2.09. The van der Waals surface area contributed by atoms with Crippen molar-refractivity contribution in [3.63, 3.8) is 0 Å². The van der Waals surface area contributed by atoms with Crippen LogP contribution in [0.5, 0.6) is 0 Å². The largest absolute Gasteiger partial charge is 0.322 e. The fourth-order valence-electron chi connectivity index (χ4n) is 1.39. The lowest BCUT2D eigenvalue weighted by atomic mass is 10.3. The average molecular weight is 223 g/mol. The van der Waals surface area contributed by atoms with Gasteiger partial charge in [0.05, 0.1) is 16.8 Å². The third kappa shape index (κ3) is 1.86. The summed E-state index contributed by atoms with van der Waals surface area (Å²) in [6.45, 7) is 1.86. The molecule has 15 heavy (non-hydrogen) atoms. The maximum atomic E-state index is 6.08. The van der Waals surface area contributed by atoms with Crippen molar-refractivity contribution in [3.8, 4) is 5.69 Å². The molecule has 0 fully saturated rings. The van der Waals surface area contributed by atoms with Gasteiger partial charge < -0.3 is 5.73 Å². The van der Waals surface area contributed by atoms with Crippen LogP contribution in [0.2, 0.25) is 5.02 Å². The molecule has 0 saturated heterocycles. The fraction of sp³-hybridized carbons (Fsp3) is 0.200. The van der Waals surface area contributed by atoms with E-state index in [2.05, 4.69) is 10.2 Å². The summed E-state index contributed by atoms with van der Waals surface area (Å²) < 4.78 is 1.80. The SMILES string of the molecule is CC(N)c1nncn1-c1ccccc1Cl. The number of halogens is 1. The van der Waals surface area contributed by atoms with Gasteiger partial charge in [0, 0.05) is 0 Å². The van der Waals surface area contributed by atoms with Crippen molar-refractivity contribution in [2.24, 2.45) is 5.73 Å². The number of nitrogens with two attached hydrogens (primary N) is 1. The number of para-hydroxylation sites is 1. The Balaban J connectivity index is 2.55. The maximum Gasteiger partial charge on any atom is 0.154 e. The second kappa shape index (κ2) is 4.00. The first-order chi connectivity index (χ1) is 7.20. The van der Waals surface area contributed by atoms with Crippen LogP contribution < -0.4 is 5.73 Å². The summed E-state index contributed by atoms with van der Waals surface area (Å²) in [5.41, 5.74) is 6.62. The molecule has 0 spiro atoms. The first kappa shape index (κ1) is 10.1. The molecule has 0 aliphatic heterocycles. The average Bonchev–Trinajstić information content (AvgIpc) is 2.67. The van der Waals surface area contributed by atoms with Gasteiger partial charge in [-0.05, 0) is 19.1 Å². The Morgan fingerprint density at radius 1 is 1.40 bits per heavy atom. The number of benzene rings is 1. The zero-order valence-electron chi connectivity index (χ0n) is 8.26. The predicted molar refractivity (Wildman–Crippen MR) is 59.0 cm³/mol. The molecular weight excluding hydrogens is 212 g/mol. The van der Waals surface area contributed by atoms with Crippen LogP contribution in [0, 0.1) is 0 Å². The topological polar surface area (TPSA) is 56.7 Å². The molecule has 4 nitrogen and oxygen atoms in total. The lowest BCUT2D eigenvalue weighted by molar-refractivity contribution is 0.715. The minimum atomic E-state index is -0.177. The van der Waals surface area contributed by atoms with E-state index >= 15 is 0 Å². The molecule has 2 rings (SSSR count). The van der Waals surface area contributed by atoms with E-state index in [4.69, 9.17) is 17.3 Å². The van der Waals surface area contributed by atoms with Crippen LogP contribution in [0.3, 0.4) is 0 Å². The van der Waals surface area contributed by atoms with Crippen LogP contribution in [-0.2, 0) is 0 Å². The molecule has 5 heteroatoms. The van der Waals surface area contributed by atoms with E-state index in [1.807, 2.05) is 31.2 Å². The van der Waals surface area contributed by atoms with Crippen molar-refractivity contribution in [2.45, 2.75) is 13.0 Å². The van der Waals surface area contributed by atoms with E-state index in [-0.39, 0.29) is 6.04 Å². The van der Waals surface area contributed by atoms with Gasteiger partial charge in [0.2, 0.25) is 0 Å². The molecule has 0 bridgehead atoms. The van der Waals surface area contributed by atoms with Crippen LogP contribution in [0.1, 0.15) is 18.8 Å². The van der Waals surface area contributed by atoms with E-state index < -0.39 is 0 Å². The van der Waals surface area contributed by atoms with Gasteiger partial charge in [0.1, 0.15) is 6.33 Å². The highest BCUT2D eigenvalue weighted by Crippen LogP contribution is 2.21. The van der Waals surface area contributed by atoms with Crippen molar-refractivity contribution >= 4 is 11.6 Å². The van der Waals surface area contributed by atoms with E-state index in [1.165, 1.54) is 0 Å². The van der Waals surface area contributed by atoms with Crippen LogP contribution in [0.4, 0.5) is 0 Å². The Hall–Kier alpha value is -1.39. The van der Waals surface area contributed by atoms with Crippen LogP contribution in [-0.4, -0.2) is 14.8 Å². The van der Waals surface area contributed by atoms with Crippen molar-refractivity contribution in [2.75, 3.05) is 0 Å². The Morgan fingerprint density at radius 3 is 2.80 bits per heavy atom. The molecule has 2 N–H and O–H groups in total. The van der Waals surface area contributed by atoms with Gasteiger partial charge in [0.15, 0.2) is 5.82 Å². The summed E-state index contributed by atoms with van der Waals surface area (Å²) in [4.78, 5) is 0. The normalized spacial score (nSPS) is 12.7. The lowest BCUT2D eigenvalue weighted by Crippen LogP contribution is -2.12. The summed E-state index contributed by atoms with van der Waals surface area (Å²) in [5, 5.41) is 8.45. The molecule has 1 heterocycles. The van der Waals surface area contributed by atoms with Crippen molar-refractivity contribution in [3.05, 3.63) is 41.4 Å². The molecule has 1 unspecified atom stereocenters. The van der Waals surface area contributed by atoms with Gasteiger partial charge in [-0.3, -0.25) is 4.57 Å². The Kier molecular flexibility index (Phi) is 2.70. The van der Waals surface area contributed by atoms with Crippen molar-refractivity contribution in [1.82, 2.24) is 14.8 Å². The van der Waals surface area contributed by atoms with Crippen molar-refractivity contribution < 1.29 is 0 Å². The van der Waals surface area contributed by atoms with Crippen LogP contribution >= 0.6 is 11.6 Å².